The zero-order valence-electron chi connectivity index (χ0n) is 10.1. The number of anilines is 1. The summed E-state index contributed by atoms with van der Waals surface area (Å²) in [6.45, 7) is 0.580. The lowest BCUT2D eigenvalue weighted by Crippen LogP contribution is -2.29. The molecule has 0 aliphatic carbocycles. The van der Waals surface area contributed by atoms with Gasteiger partial charge >= 0.3 is 0 Å². The van der Waals surface area contributed by atoms with Crippen LogP contribution in [0.4, 0.5) is 5.69 Å². The number of amides is 1. The van der Waals surface area contributed by atoms with Crippen molar-refractivity contribution in [3.05, 3.63) is 58.0 Å². The maximum atomic E-state index is 12.4. The first-order valence-corrected chi connectivity index (χ1v) is 5.98. The number of fused-ring (bicyclic) bond motifs is 1. The number of hydrogen-bond donors (Lipinski definition) is 2. The van der Waals surface area contributed by atoms with E-state index in [0.717, 1.165) is 23.7 Å². The number of aromatic hydroxyl groups is 1. The highest BCUT2D eigenvalue weighted by atomic mass is 16.3. The number of pyridine rings is 1. The molecule has 19 heavy (non-hydrogen) atoms. The van der Waals surface area contributed by atoms with E-state index in [1.165, 1.54) is 6.20 Å². The lowest BCUT2D eigenvalue weighted by atomic mass is 10.2. The number of H-pyrrole nitrogens is 1. The van der Waals surface area contributed by atoms with Crippen LogP contribution < -0.4 is 10.5 Å². The van der Waals surface area contributed by atoms with E-state index >= 15 is 0 Å². The Labute approximate surface area is 109 Å². The molecule has 0 bridgehead atoms. The van der Waals surface area contributed by atoms with E-state index in [-0.39, 0.29) is 17.2 Å². The molecule has 96 valence electrons. The maximum absolute atomic E-state index is 12.4. The van der Waals surface area contributed by atoms with Crippen molar-refractivity contribution in [2.75, 3.05) is 11.4 Å². The number of benzene rings is 1. The summed E-state index contributed by atoms with van der Waals surface area (Å²) in [7, 11) is 0. The van der Waals surface area contributed by atoms with Crippen molar-refractivity contribution in [2.45, 2.75) is 6.42 Å². The number of nitrogens with one attached hydrogen (secondary N) is 1. The van der Waals surface area contributed by atoms with Gasteiger partial charge in [0.1, 0.15) is 5.75 Å². The molecule has 1 aromatic carbocycles. The molecule has 1 aliphatic heterocycles. The first kappa shape index (κ1) is 11.5. The summed E-state index contributed by atoms with van der Waals surface area (Å²) in [5.41, 5.74) is 1.64. The fourth-order valence-corrected chi connectivity index (χ4v) is 2.33. The minimum absolute atomic E-state index is 0.108. The summed E-state index contributed by atoms with van der Waals surface area (Å²) in [5.74, 6) is -0.600. The first-order valence-electron chi connectivity index (χ1n) is 5.98. The second-order valence-corrected chi connectivity index (χ2v) is 4.43. The molecule has 0 saturated heterocycles. The molecular formula is C14H12N2O3. The SMILES string of the molecule is O=C(c1c[nH]c(=O)cc1O)N1CCc2ccccc21. The highest BCUT2D eigenvalue weighted by Gasteiger charge is 2.26. The van der Waals surface area contributed by atoms with Gasteiger partial charge in [0.15, 0.2) is 0 Å². The van der Waals surface area contributed by atoms with Gasteiger partial charge in [0, 0.05) is 24.5 Å². The van der Waals surface area contributed by atoms with E-state index in [0.29, 0.717) is 6.54 Å². The topological polar surface area (TPSA) is 73.4 Å². The normalized spacial score (nSPS) is 13.4. The zero-order valence-corrected chi connectivity index (χ0v) is 10.1. The Morgan fingerprint density at radius 1 is 1.32 bits per heavy atom. The van der Waals surface area contributed by atoms with Crippen molar-refractivity contribution in [3.63, 3.8) is 0 Å². The third-order valence-electron chi connectivity index (χ3n) is 3.27. The predicted molar refractivity (Wildman–Crippen MR) is 70.6 cm³/mol. The van der Waals surface area contributed by atoms with Gasteiger partial charge in [0.05, 0.1) is 5.56 Å². The average Bonchev–Trinajstić information content (AvgIpc) is 2.82. The van der Waals surface area contributed by atoms with Crippen molar-refractivity contribution < 1.29 is 9.90 Å². The highest BCUT2D eigenvalue weighted by Crippen LogP contribution is 2.29. The molecule has 2 aromatic rings. The molecule has 1 amide bonds. The standard InChI is InChI=1S/C14H12N2O3/c17-12-7-13(18)15-8-10(12)14(19)16-6-5-9-3-1-2-4-11(9)16/h1-4,7-8H,5-6H2,(H2,15,17,18). The van der Waals surface area contributed by atoms with Crippen molar-refractivity contribution in [3.8, 4) is 5.75 Å². The molecule has 0 saturated carbocycles. The van der Waals surface area contributed by atoms with Crippen LogP contribution >= 0.6 is 0 Å². The Morgan fingerprint density at radius 2 is 2.11 bits per heavy atom. The monoisotopic (exact) mass is 256 g/mol. The van der Waals surface area contributed by atoms with Crippen LogP contribution in [-0.2, 0) is 6.42 Å². The zero-order chi connectivity index (χ0) is 13.4. The summed E-state index contributed by atoms with van der Waals surface area (Å²) < 4.78 is 0. The van der Waals surface area contributed by atoms with E-state index in [9.17, 15) is 14.7 Å². The van der Waals surface area contributed by atoms with Gasteiger partial charge in [-0.3, -0.25) is 9.59 Å². The maximum Gasteiger partial charge on any atom is 0.263 e. The second-order valence-electron chi connectivity index (χ2n) is 4.43. The number of hydrogen-bond acceptors (Lipinski definition) is 3. The summed E-state index contributed by atoms with van der Waals surface area (Å²) in [6, 6.07) is 8.68. The molecule has 1 aliphatic rings. The summed E-state index contributed by atoms with van der Waals surface area (Å²) in [5, 5.41) is 9.70. The van der Waals surface area contributed by atoms with Gasteiger partial charge in [0.25, 0.3) is 11.5 Å². The van der Waals surface area contributed by atoms with E-state index < -0.39 is 5.56 Å². The number of nitrogens with zero attached hydrogens (tertiary/aromatic N) is 1. The van der Waals surface area contributed by atoms with Crippen molar-refractivity contribution >= 4 is 11.6 Å². The molecular weight excluding hydrogens is 244 g/mol. The lowest BCUT2D eigenvalue weighted by Gasteiger charge is -2.17. The average molecular weight is 256 g/mol. The number of rotatable bonds is 1. The second kappa shape index (κ2) is 4.28. The van der Waals surface area contributed by atoms with Crippen LogP contribution in [0.3, 0.4) is 0 Å². The quantitative estimate of drug-likeness (QED) is 0.807. The third kappa shape index (κ3) is 1.89. The Hall–Kier alpha value is -2.56. The van der Waals surface area contributed by atoms with Crippen molar-refractivity contribution in [1.29, 1.82) is 0 Å². The molecule has 0 radical (unpaired) electrons. The number of aromatic nitrogens is 1. The minimum Gasteiger partial charge on any atom is -0.507 e. The summed E-state index contributed by atoms with van der Waals surface area (Å²) in [4.78, 5) is 27.4. The van der Waals surface area contributed by atoms with Crippen LogP contribution in [0.25, 0.3) is 0 Å². The fourth-order valence-electron chi connectivity index (χ4n) is 2.33. The lowest BCUT2D eigenvalue weighted by molar-refractivity contribution is 0.0986. The number of aromatic amines is 1. The Kier molecular flexibility index (Phi) is 2.59. The Morgan fingerprint density at radius 3 is 2.89 bits per heavy atom. The first-order chi connectivity index (χ1) is 9.16. The molecule has 0 spiro atoms. The smallest absolute Gasteiger partial charge is 0.263 e. The van der Waals surface area contributed by atoms with E-state index in [1.54, 1.807) is 4.90 Å². The molecule has 2 heterocycles. The molecule has 0 fully saturated rings. The summed E-state index contributed by atoms with van der Waals surface area (Å²) in [6.07, 6.45) is 2.05. The molecule has 5 nitrogen and oxygen atoms in total. The minimum atomic E-state index is -0.434. The number of para-hydroxylation sites is 1. The number of carbonyl (C=O) groups excluding carboxylic acids is 1. The molecule has 0 unspecified atom stereocenters. The molecule has 5 heteroatoms. The van der Waals surface area contributed by atoms with E-state index in [2.05, 4.69) is 4.98 Å². The van der Waals surface area contributed by atoms with Gasteiger partial charge in [-0.05, 0) is 18.1 Å². The number of carbonyl (C=O) groups is 1. The van der Waals surface area contributed by atoms with Crippen LogP contribution in [0.1, 0.15) is 15.9 Å². The van der Waals surface area contributed by atoms with Crippen molar-refractivity contribution in [1.82, 2.24) is 4.98 Å². The largest absolute Gasteiger partial charge is 0.507 e. The van der Waals surface area contributed by atoms with Gasteiger partial charge in [0.2, 0.25) is 0 Å². The van der Waals surface area contributed by atoms with Crippen LogP contribution in [0.5, 0.6) is 5.75 Å². The van der Waals surface area contributed by atoms with Gasteiger partial charge in [-0.25, -0.2) is 0 Å². The van der Waals surface area contributed by atoms with Crippen LogP contribution in [0, 0.1) is 0 Å². The fraction of sp³-hybridized carbons (Fsp3) is 0.143. The molecule has 1 aromatic heterocycles. The molecule has 0 atom stereocenters. The molecule has 2 N–H and O–H groups in total. The third-order valence-corrected chi connectivity index (χ3v) is 3.27. The van der Waals surface area contributed by atoms with Gasteiger partial charge in [-0.2, -0.15) is 0 Å². The van der Waals surface area contributed by atoms with Gasteiger partial charge < -0.3 is 15.0 Å². The van der Waals surface area contributed by atoms with Crippen LogP contribution in [0.2, 0.25) is 0 Å². The Bertz CT molecular complexity index is 706. The Balaban J connectivity index is 2.00. The summed E-state index contributed by atoms with van der Waals surface area (Å²) >= 11 is 0. The van der Waals surface area contributed by atoms with Crippen LogP contribution in [-0.4, -0.2) is 22.5 Å². The highest BCUT2D eigenvalue weighted by molar-refractivity contribution is 6.08. The van der Waals surface area contributed by atoms with E-state index in [1.807, 2.05) is 24.3 Å². The van der Waals surface area contributed by atoms with E-state index in [4.69, 9.17) is 0 Å². The van der Waals surface area contributed by atoms with Crippen molar-refractivity contribution in [2.24, 2.45) is 0 Å². The van der Waals surface area contributed by atoms with Crippen LogP contribution in [0.15, 0.2) is 41.3 Å². The predicted octanol–water partition coefficient (Wildman–Crippen LogP) is 1.28. The molecule has 3 rings (SSSR count). The van der Waals surface area contributed by atoms with Gasteiger partial charge in [-0.1, -0.05) is 18.2 Å². The van der Waals surface area contributed by atoms with Gasteiger partial charge in [-0.15, -0.1) is 0 Å².